The molecule has 134 valence electrons. The molecule has 0 saturated carbocycles. The van der Waals surface area contributed by atoms with Crippen LogP contribution in [0, 0.1) is 0 Å². The van der Waals surface area contributed by atoms with E-state index in [1.807, 2.05) is 24.8 Å². The van der Waals surface area contributed by atoms with Crippen LogP contribution >= 0.6 is 0 Å². The molecule has 4 heterocycles. The lowest BCUT2D eigenvalue weighted by atomic mass is 9.99. The third-order valence-corrected chi connectivity index (χ3v) is 4.97. The van der Waals surface area contributed by atoms with Crippen LogP contribution in [0.15, 0.2) is 16.9 Å². The number of piperazine rings is 1. The molecule has 0 radical (unpaired) electrons. The average molecular weight is 345 g/mol. The van der Waals surface area contributed by atoms with Gasteiger partial charge in [-0.05, 0) is 13.8 Å². The van der Waals surface area contributed by atoms with Crippen molar-refractivity contribution in [1.82, 2.24) is 25.2 Å². The topological polar surface area (TPSA) is 87.5 Å². The van der Waals surface area contributed by atoms with Gasteiger partial charge in [-0.3, -0.25) is 14.8 Å². The van der Waals surface area contributed by atoms with E-state index < -0.39 is 0 Å². The van der Waals surface area contributed by atoms with Gasteiger partial charge in [-0.15, -0.1) is 0 Å². The Balaban J connectivity index is 1.41. The maximum Gasteiger partial charge on any atom is 0.274 e. The molecule has 1 N–H and O–H groups in total. The second-order valence-electron chi connectivity index (χ2n) is 6.82. The van der Waals surface area contributed by atoms with Gasteiger partial charge in [0.05, 0.1) is 23.6 Å². The summed E-state index contributed by atoms with van der Waals surface area (Å²) in [6.07, 6.45) is 2.36. The van der Waals surface area contributed by atoms with Gasteiger partial charge in [-0.25, -0.2) is 0 Å². The summed E-state index contributed by atoms with van der Waals surface area (Å²) in [5.41, 5.74) is 3.43. The molecule has 1 saturated heterocycles. The number of hydrogen-bond donors (Lipinski definition) is 1. The number of H-pyrrole nitrogens is 1. The molecular formula is C17H23N5O3. The van der Waals surface area contributed by atoms with Crippen molar-refractivity contribution < 1.29 is 14.1 Å². The first-order valence-corrected chi connectivity index (χ1v) is 8.75. The first-order valence-electron chi connectivity index (χ1n) is 8.75. The summed E-state index contributed by atoms with van der Waals surface area (Å²) >= 11 is 0. The zero-order valence-electron chi connectivity index (χ0n) is 14.6. The van der Waals surface area contributed by atoms with Crippen LogP contribution in [0.2, 0.25) is 0 Å². The fraction of sp³-hybridized carbons (Fsp3) is 0.588. The van der Waals surface area contributed by atoms with Gasteiger partial charge in [-0.2, -0.15) is 5.10 Å². The molecule has 2 aromatic rings. The Kier molecular flexibility index (Phi) is 4.30. The molecule has 8 nitrogen and oxygen atoms in total. The SMILES string of the molecule is C[C@@H]1Cc2c(C(=O)N3CCN(Cc4ccon4)CC3)n[nH]c2[C@H](C)O1. The maximum absolute atomic E-state index is 12.9. The van der Waals surface area contributed by atoms with E-state index in [0.717, 1.165) is 43.0 Å². The predicted octanol–water partition coefficient (Wildman–Crippen LogP) is 1.38. The molecule has 2 aromatic heterocycles. The third-order valence-electron chi connectivity index (χ3n) is 4.97. The normalized spacial score (nSPS) is 24.3. The highest BCUT2D eigenvalue weighted by Gasteiger charge is 2.32. The number of fused-ring (bicyclic) bond motifs is 1. The van der Waals surface area contributed by atoms with E-state index in [1.165, 1.54) is 0 Å². The number of aromatic amines is 1. The summed E-state index contributed by atoms with van der Waals surface area (Å²) < 4.78 is 10.7. The van der Waals surface area contributed by atoms with Crippen molar-refractivity contribution in [1.29, 1.82) is 0 Å². The lowest BCUT2D eigenvalue weighted by Crippen LogP contribution is -2.48. The van der Waals surface area contributed by atoms with Crippen molar-refractivity contribution in [3.63, 3.8) is 0 Å². The fourth-order valence-corrected chi connectivity index (χ4v) is 3.66. The van der Waals surface area contributed by atoms with Crippen molar-refractivity contribution >= 4 is 5.91 Å². The van der Waals surface area contributed by atoms with E-state index in [-0.39, 0.29) is 18.1 Å². The van der Waals surface area contributed by atoms with Gasteiger partial charge in [0.15, 0.2) is 5.69 Å². The number of amides is 1. The van der Waals surface area contributed by atoms with Crippen molar-refractivity contribution in [2.45, 2.75) is 39.0 Å². The fourth-order valence-electron chi connectivity index (χ4n) is 3.66. The van der Waals surface area contributed by atoms with Gasteiger partial charge >= 0.3 is 0 Å². The number of carbonyl (C=O) groups excluding carboxylic acids is 1. The minimum absolute atomic E-state index is 0.0138. The molecule has 1 fully saturated rings. The summed E-state index contributed by atoms with van der Waals surface area (Å²) in [4.78, 5) is 17.1. The minimum Gasteiger partial charge on any atom is -0.369 e. The second kappa shape index (κ2) is 6.61. The van der Waals surface area contributed by atoms with E-state index in [0.29, 0.717) is 18.8 Å². The molecule has 0 aliphatic carbocycles. The van der Waals surface area contributed by atoms with Crippen LogP contribution in [0.5, 0.6) is 0 Å². The van der Waals surface area contributed by atoms with Gasteiger partial charge < -0.3 is 14.2 Å². The molecule has 2 aliphatic rings. The number of hydrogen-bond acceptors (Lipinski definition) is 6. The Labute approximate surface area is 146 Å². The zero-order valence-corrected chi connectivity index (χ0v) is 14.6. The summed E-state index contributed by atoms with van der Waals surface area (Å²) in [5, 5.41) is 11.3. The summed E-state index contributed by atoms with van der Waals surface area (Å²) in [5.74, 6) is 0.0138. The smallest absolute Gasteiger partial charge is 0.274 e. The Morgan fingerprint density at radius 2 is 2.12 bits per heavy atom. The highest BCUT2D eigenvalue weighted by molar-refractivity contribution is 5.94. The third kappa shape index (κ3) is 3.19. The average Bonchev–Trinajstić information content (AvgIpc) is 3.24. The summed E-state index contributed by atoms with van der Waals surface area (Å²) in [6, 6.07) is 1.87. The number of nitrogens with one attached hydrogen (secondary N) is 1. The molecular weight excluding hydrogens is 322 g/mol. The Morgan fingerprint density at radius 1 is 1.32 bits per heavy atom. The summed E-state index contributed by atoms with van der Waals surface area (Å²) in [6.45, 7) is 7.80. The molecule has 2 atom stereocenters. The first-order chi connectivity index (χ1) is 12.1. The molecule has 0 bridgehead atoms. The van der Waals surface area contributed by atoms with Crippen molar-refractivity contribution in [3.8, 4) is 0 Å². The van der Waals surface area contributed by atoms with E-state index in [9.17, 15) is 4.79 Å². The Hall–Kier alpha value is -2.19. The second-order valence-corrected chi connectivity index (χ2v) is 6.82. The highest BCUT2D eigenvalue weighted by Crippen LogP contribution is 2.30. The van der Waals surface area contributed by atoms with Crippen molar-refractivity contribution in [2.75, 3.05) is 26.2 Å². The minimum atomic E-state index is -0.0490. The van der Waals surface area contributed by atoms with Gasteiger partial charge in [0.2, 0.25) is 0 Å². The largest absolute Gasteiger partial charge is 0.369 e. The van der Waals surface area contributed by atoms with Crippen LogP contribution in [0.3, 0.4) is 0 Å². The van der Waals surface area contributed by atoms with Gasteiger partial charge in [0, 0.05) is 50.8 Å². The molecule has 2 aliphatic heterocycles. The summed E-state index contributed by atoms with van der Waals surface area (Å²) in [7, 11) is 0. The van der Waals surface area contributed by atoms with Crippen LogP contribution in [-0.2, 0) is 17.7 Å². The van der Waals surface area contributed by atoms with Crippen molar-refractivity contribution in [2.24, 2.45) is 0 Å². The lowest BCUT2D eigenvalue weighted by Gasteiger charge is -2.34. The molecule has 0 spiro atoms. The zero-order chi connectivity index (χ0) is 17.4. The molecule has 8 heteroatoms. The molecule has 4 rings (SSSR count). The monoisotopic (exact) mass is 345 g/mol. The van der Waals surface area contributed by atoms with E-state index in [1.54, 1.807) is 6.26 Å². The van der Waals surface area contributed by atoms with Gasteiger partial charge in [0.25, 0.3) is 5.91 Å². The van der Waals surface area contributed by atoms with Crippen LogP contribution in [0.25, 0.3) is 0 Å². The maximum atomic E-state index is 12.9. The number of rotatable bonds is 3. The van der Waals surface area contributed by atoms with E-state index >= 15 is 0 Å². The molecule has 25 heavy (non-hydrogen) atoms. The number of nitrogens with zero attached hydrogens (tertiary/aromatic N) is 4. The molecule has 1 amide bonds. The van der Waals surface area contributed by atoms with Crippen LogP contribution in [-0.4, -0.2) is 63.3 Å². The van der Waals surface area contributed by atoms with Crippen LogP contribution in [0.1, 0.15) is 47.4 Å². The standard InChI is InChI=1S/C17H23N5O3/c1-11-9-14-15(12(2)25-11)18-19-16(14)17(23)22-6-4-21(5-7-22)10-13-3-8-24-20-13/h3,8,11-12H,4-7,9-10H2,1-2H3,(H,18,19)/t11-,12+/m1/s1. The molecule has 0 aromatic carbocycles. The van der Waals surface area contributed by atoms with Crippen molar-refractivity contribution in [3.05, 3.63) is 35.0 Å². The van der Waals surface area contributed by atoms with Gasteiger partial charge in [-0.1, -0.05) is 5.16 Å². The van der Waals surface area contributed by atoms with Crippen LogP contribution < -0.4 is 0 Å². The highest BCUT2D eigenvalue weighted by atomic mass is 16.5. The quantitative estimate of drug-likeness (QED) is 0.904. The lowest BCUT2D eigenvalue weighted by molar-refractivity contribution is -0.00704. The Bertz CT molecular complexity index is 734. The van der Waals surface area contributed by atoms with Crippen LogP contribution in [0.4, 0.5) is 0 Å². The predicted molar refractivity (Wildman–Crippen MR) is 88.9 cm³/mol. The number of ether oxygens (including phenoxy) is 1. The first kappa shape index (κ1) is 16.3. The Morgan fingerprint density at radius 3 is 2.84 bits per heavy atom. The number of aromatic nitrogens is 3. The van der Waals surface area contributed by atoms with Gasteiger partial charge in [0.1, 0.15) is 6.26 Å². The molecule has 0 unspecified atom stereocenters. The van der Waals surface area contributed by atoms with E-state index in [4.69, 9.17) is 9.26 Å². The van der Waals surface area contributed by atoms with E-state index in [2.05, 4.69) is 20.3 Å². The number of carbonyl (C=O) groups is 1.